The first-order valence-corrected chi connectivity index (χ1v) is 22.4. The highest BCUT2D eigenvalue weighted by Gasteiger charge is 2.48. The molecule has 4 aromatic rings. The number of ether oxygens (including phenoxy) is 2. The number of aryl methyl sites for hydroxylation is 2. The average molecular weight is 899 g/mol. The molecule has 0 saturated carbocycles. The Labute approximate surface area is 374 Å². The Bertz CT molecular complexity index is 2350. The molecule has 2 fully saturated rings. The number of piperidine rings is 1. The Balaban J connectivity index is 0.735. The highest BCUT2D eigenvalue weighted by molar-refractivity contribution is 7.17. The lowest BCUT2D eigenvalue weighted by atomic mass is 9.82. The highest BCUT2D eigenvalue weighted by atomic mass is 35.5. The van der Waals surface area contributed by atoms with Crippen molar-refractivity contribution in [2.24, 2.45) is 11.8 Å². The van der Waals surface area contributed by atoms with Crippen molar-refractivity contribution in [2.75, 3.05) is 80.0 Å². The molecule has 2 unspecified atom stereocenters. The summed E-state index contributed by atoms with van der Waals surface area (Å²) in [6, 6.07) is 14.1. The minimum absolute atomic E-state index is 0.0566. The van der Waals surface area contributed by atoms with Crippen LogP contribution in [0.15, 0.2) is 54.7 Å². The van der Waals surface area contributed by atoms with Gasteiger partial charge in [0.1, 0.15) is 17.3 Å². The number of carbonyl (C=O) groups excluding carboxylic acids is 6. The highest BCUT2D eigenvalue weighted by Crippen LogP contribution is 2.38. The summed E-state index contributed by atoms with van der Waals surface area (Å²) in [5.74, 6) is -4.06. The molecule has 4 N–H and O–H groups in total. The Morgan fingerprint density at radius 2 is 1.68 bits per heavy atom. The molecule has 63 heavy (non-hydrogen) atoms. The molecule has 332 valence electrons. The molecule has 0 radical (unpaired) electrons. The molecule has 2 atom stereocenters. The molecule has 16 nitrogen and oxygen atoms in total. The smallest absolute Gasteiger partial charge is 0.267 e. The number of fused-ring (bicyclic) bond motifs is 1. The fourth-order valence-corrected chi connectivity index (χ4v) is 9.04. The van der Waals surface area contributed by atoms with Gasteiger partial charge in [-0.2, -0.15) is 0 Å². The van der Waals surface area contributed by atoms with Gasteiger partial charge in [-0.05, 0) is 63.4 Å². The molecule has 2 aromatic heterocycles. The first-order chi connectivity index (χ1) is 30.4. The van der Waals surface area contributed by atoms with Crippen LogP contribution in [-0.4, -0.2) is 109 Å². The molecule has 2 aromatic carbocycles. The maximum atomic E-state index is 13.3. The van der Waals surface area contributed by atoms with Crippen LogP contribution in [-0.2, 0) is 23.9 Å². The van der Waals surface area contributed by atoms with Gasteiger partial charge in [0.15, 0.2) is 16.7 Å². The van der Waals surface area contributed by atoms with E-state index in [9.17, 15) is 28.8 Å². The van der Waals surface area contributed by atoms with E-state index in [-0.39, 0.29) is 48.8 Å². The number of rotatable bonds is 19. The maximum Gasteiger partial charge on any atom is 0.267 e. The second kappa shape index (κ2) is 21.2. The number of hydrogen-bond donors (Lipinski definition) is 4. The van der Waals surface area contributed by atoms with E-state index >= 15 is 0 Å². The van der Waals surface area contributed by atoms with Crippen molar-refractivity contribution < 1.29 is 38.2 Å². The van der Waals surface area contributed by atoms with Gasteiger partial charge in [0.2, 0.25) is 17.7 Å². The van der Waals surface area contributed by atoms with Gasteiger partial charge in [-0.25, -0.2) is 9.97 Å². The number of nitrogens with zero attached hydrogens (tertiary/aromatic N) is 4. The van der Waals surface area contributed by atoms with Gasteiger partial charge in [0.05, 0.1) is 53.2 Å². The van der Waals surface area contributed by atoms with Crippen molar-refractivity contribution >= 4 is 86.1 Å². The van der Waals surface area contributed by atoms with E-state index in [4.69, 9.17) is 26.1 Å². The summed E-state index contributed by atoms with van der Waals surface area (Å²) in [6.07, 6.45) is 5.90. The van der Waals surface area contributed by atoms with Crippen molar-refractivity contribution in [2.45, 2.75) is 52.4 Å². The number of unbranched alkanes of at least 4 members (excludes halogenated alkanes) is 3. The minimum atomic E-state index is -1.22. The Morgan fingerprint density at radius 1 is 0.905 bits per heavy atom. The third kappa shape index (κ3) is 11.5. The van der Waals surface area contributed by atoms with Crippen molar-refractivity contribution in [3.63, 3.8) is 0 Å². The number of imide groups is 1. The number of thiazole rings is 1. The largest absolute Gasteiger partial charge is 0.379 e. The van der Waals surface area contributed by atoms with Crippen LogP contribution in [0.25, 0.3) is 0 Å². The third-order valence-electron chi connectivity index (χ3n) is 11.3. The number of para-hydroxylation sites is 1. The van der Waals surface area contributed by atoms with Gasteiger partial charge in [-0.1, -0.05) is 60.0 Å². The topological polar surface area (TPSA) is 201 Å². The SMILES string of the molecule is Cc1cc(Nc2ncc(C(=O)Nc3c(C)cccc3Cl)s2)cc(N2CCN(CCCCCCOCCOCC(=O)Nc3cccc4c3C(=O)C(C3CCC(=O)NC3=O)C4=O)CC2)n1. The van der Waals surface area contributed by atoms with E-state index in [0.29, 0.717) is 33.9 Å². The van der Waals surface area contributed by atoms with Crippen LogP contribution in [0.2, 0.25) is 5.02 Å². The van der Waals surface area contributed by atoms with Crippen LogP contribution in [0.1, 0.15) is 80.2 Å². The van der Waals surface area contributed by atoms with Gasteiger partial charge in [-0.3, -0.25) is 39.0 Å². The number of halogens is 1. The Morgan fingerprint density at radius 3 is 2.48 bits per heavy atom. The summed E-state index contributed by atoms with van der Waals surface area (Å²) in [4.78, 5) is 90.5. The van der Waals surface area contributed by atoms with Crippen LogP contribution in [0.4, 0.5) is 28.0 Å². The summed E-state index contributed by atoms with van der Waals surface area (Å²) >= 11 is 7.57. The summed E-state index contributed by atoms with van der Waals surface area (Å²) in [6.45, 7) is 9.43. The van der Waals surface area contributed by atoms with Gasteiger partial charge >= 0.3 is 0 Å². The number of Topliss-reactive ketones (excluding diaryl/α,β-unsaturated/α-hetero) is 2. The molecule has 4 amide bonds. The molecule has 1 aliphatic carbocycles. The average Bonchev–Trinajstić information content (AvgIpc) is 3.83. The van der Waals surface area contributed by atoms with Crippen molar-refractivity contribution in [1.29, 1.82) is 0 Å². The molecular formula is C45H51ClN8O8S. The van der Waals surface area contributed by atoms with E-state index in [1.807, 2.05) is 38.1 Å². The van der Waals surface area contributed by atoms with E-state index in [2.05, 4.69) is 36.1 Å². The second-order valence-electron chi connectivity index (χ2n) is 15.8. The molecule has 3 aliphatic rings. The number of pyridine rings is 1. The van der Waals surface area contributed by atoms with Crippen molar-refractivity contribution in [3.05, 3.63) is 87.0 Å². The number of amides is 4. The first kappa shape index (κ1) is 45.4. The summed E-state index contributed by atoms with van der Waals surface area (Å²) in [5.41, 5.74) is 3.64. The number of piperazine rings is 1. The van der Waals surface area contributed by atoms with E-state index in [1.54, 1.807) is 18.3 Å². The number of nitrogens with one attached hydrogen (secondary N) is 4. The fraction of sp³-hybridized carbons (Fsp3) is 0.422. The molecule has 2 aliphatic heterocycles. The lowest BCUT2D eigenvalue weighted by molar-refractivity contribution is -0.137. The molecule has 4 heterocycles. The number of benzene rings is 2. The van der Waals surface area contributed by atoms with E-state index in [1.165, 1.54) is 23.5 Å². The van der Waals surface area contributed by atoms with Gasteiger partial charge < -0.3 is 30.3 Å². The Hall–Kier alpha value is -5.59. The normalized spacial score (nSPS) is 17.7. The lowest BCUT2D eigenvalue weighted by Crippen LogP contribution is -2.47. The maximum absolute atomic E-state index is 13.3. The number of ketones is 2. The van der Waals surface area contributed by atoms with E-state index in [0.717, 1.165) is 81.2 Å². The number of carbonyl (C=O) groups is 6. The quantitative estimate of drug-likeness (QED) is 0.0471. The monoisotopic (exact) mass is 898 g/mol. The van der Waals surface area contributed by atoms with Gasteiger partial charge in [0, 0.05) is 62.2 Å². The van der Waals surface area contributed by atoms with Crippen molar-refractivity contribution in [1.82, 2.24) is 20.2 Å². The zero-order valence-electron chi connectivity index (χ0n) is 35.3. The predicted molar refractivity (Wildman–Crippen MR) is 240 cm³/mol. The number of anilines is 5. The van der Waals surface area contributed by atoms with Gasteiger partial charge in [0.25, 0.3) is 5.91 Å². The molecule has 0 bridgehead atoms. The van der Waals surface area contributed by atoms with Gasteiger partial charge in [-0.15, -0.1) is 0 Å². The minimum Gasteiger partial charge on any atom is -0.379 e. The standard InChI is InChI=1S/C45H51ClN8O8S/c1-27-9-7-11-32(46)40(27)52-44(60)34-25-47-45(63-34)49-29-23-28(2)48-35(24-29)54-18-16-53(17-19-54)15-5-3-4-6-20-61-21-22-62-26-37(56)50-33-12-8-10-30-38(33)42(58)39(41(30)57)31-13-14-36(55)51-43(31)59/h7-12,23-25,31,39H,3-6,13-22,26H2,1-2H3,(H,50,56)(H,52,60)(H,47,48,49)(H,51,55,59). The summed E-state index contributed by atoms with van der Waals surface area (Å²) < 4.78 is 11.2. The van der Waals surface area contributed by atoms with Crippen LogP contribution in [0.5, 0.6) is 0 Å². The third-order valence-corrected chi connectivity index (χ3v) is 12.5. The molecule has 2 saturated heterocycles. The zero-order chi connectivity index (χ0) is 44.5. The van der Waals surface area contributed by atoms with E-state index < -0.39 is 41.1 Å². The predicted octanol–water partition coefficient (Wildman–Crippen LogP) is 6.21. The van der Waals surface area contributed by atoms with Crippen LogP contribution in [0, 0.1) is 25.7 Å². The number of aromatic nitrogens is 2. The molecule has 18 heteroatoms. The molecular weight excluding hydrogens is 848 g/mol. The zero-order valence-corrected chi connectivity index (χ0v) is 36.9. The van der Waals surface area contributed by atoms with Crippen LogP contribution in [0.3, 0.4) is 0 Å². The summed E-state index contributed by atoms with van der Waals surface area (Å²) in [5, 5.41) is 12.2. The Kier molecular flexibility index (Phi) is 15.3. The van der Waals surface area contributed by atoms with Crippen LogP contribution < -0.4 is 26.2 Å². The summed E-state index contributed by atoms with van der Waals surface area (Å²) in [7, 11) is 0. The number of hydrogen-bond acceptors (Lipinski definition) is 14. The first-order valence-electron chi connectivity index (χ1n) is 21.2. The second-order valence-corrected chi connectivity index (χ2v) is 17.3. The fourth-order valence-electron chi connectivity index (χ4n) is 8.04. The van der Waals surface area contributed by atoms with Crippen LogP contribution >= 0.6 is 22.9 Å². The molecule has 0 spiro atoms. The lowest BCUT2D eigenvalue weighted by Gasteiger charge is -2.35. The van der Waals surface area contributed by atoms with Crippen molar-refractivity contribution in [3.8, 4) is 0 Å². The molecule has 7 rings (SSSR count).